The highest BCUT2D eigenvalue weighted by atomic mass is 19.1. The topological polar surface area (TPSA) is 79.0 Å². The van der Waals surface area contributed by atoms with E-state index in [1.807, 2.05) is 67.2 Å². The van der Waals surface area contributed by atoms with Gasteiger partial charge in [-0.1, -0.05) is 24.3 Å². The highest BCUT2D eigenvalue weighted by Gasteiger charge is 2.13. The van der Waals surface area contributed by atoms with Crippen LogP contribution in [0.3, 0.4) is 0 Å². The SMILES string of the molecule is Cc1cc(N)cc2ccn(Cc3cccc(F)c3)c12.Cc1cc([N+](=O)[O-])cc2ccn(Cc3cccc(F)c3)c12. The zero-order valence-corrected chi connectivity index (χ0v) is 22.1. The molecule has 0 aliphatic rings. The molecule has 40 heavy (non-hydrogen) atoms. The van der Waals surface area contributed by atoms with Gasteiger partial charge in [-0.3, -0.25) is 10.1 Å². The molecular formula is C32H28F2N4O2. The zero-order valence-electron chi connectivity index (χ0n) is 22.1. The summed E-state index contributed by atoms with van der Waals surface area (Å²) in [4.78, 5) is 10.5. The van der Waals surface area contributed by atoms with E-state index in [1.54, 1.807) is 30.3 Å². The van der Waals surface area contributed by atoms with Gasteiger partial charge in [-0.2, -0.15) is 0 Å². The number of nitro benzene ring substituents is 1. The lowest BCUT2D eigenvalue weighted by Gasteiger charge is -2.08. The summed E-state index contributed by atoms with van der Waals surface area (Å²) in [6, 6.07) is 24.1. The van der Waals surface area contributed by atoms with Gasteiger partial charge in [0.1, 0.15) is 11.6 Å². The van der Waals surface area contributed by atoms with E-state index in [0.29, 0.717) is 13.1 Å². The average Bonchev–Trinajstić information content (AvgIpc) is 3.49. The van der Waals surface area contributed by atoms with E-state index in [-0.39, 0.29) is 17.3 Å². The molecule has 4 aromatic carbocycles. The molecule has 0 fully saturated rings. The second kappa shape index (κ2) is 11.0. The molecule has 0 aliphatic heterocycles. The molecule has 0 saturated heterocycles. The second-order valence-corrected chi connectivity index (χ2v) is 9.88. The number of nitrogens with two attached hydrogens (primary N) is 1. The summed E-state index contributed by atoms with van der Waals surface area (Å²) in [7, 11) is 0. The monoisotopic (exact) mass is 538 g/mol. The van der Waals surface area contributed by atoms with Crippen molar-refractivity contribution < 1.29 is 13.7 Å². The summed E-state index contributed by atoms with van der Waals surface area (Å²) in [6.45, 7) is 5.07. The van der Waals surface area contributed by atoms with E-state index >= 15 is 0 Å². The molecule has 0 unspecified atom stereocenters. The third-order valence-corrected chi connectivity index (χ3v) is 6.80. The van der Waals surface area contributed by atoms with Crippen LogP contribution in [0.2, 0.25) is 0 Å². The van der Waals surface area contributed by atoms with E-state index < -0.39 is 4.92 Å². The molecule has 0 spiro atoms. The average molecular weight is 539 g/mol. The number of rotatable bonds is 5. The molecule has 2 N–H and O–H groups in total. The fraction of sp³-hybridized carbons (Fsp3) is 0.125. The van der Waals surface area contributed by atoms with Crippen molar-refractivity contribution in [3.8, 4) is 0 Å². The standard InChI is InChI=1S/C16H13FN2O2.C16H15FN2/c1-11-7-15(19(20)21)9-13-5-6-18(16(11)13)10-12-3-2-4-14(17)8-12;1-11-7-15(18)9-13-5-6-19(16(11)13)10-12-3-2-4-14(17)8-12/h2-9H,10H2,1H3;2-9H,10,18H2,1H3. The first-order valence-corrected chi connectivity index (χ1v) is 12.8. The van der Waals surface area contributed by atoms with E-state index in [9.17, 15) is 18.9 Å². The van der Waals surface area contributed by atoms with Crippen molar-refractivity contribution in [1.82, 2.24) is 9.13 Å². The van der Waals surface area contributed by atoms with Crippen molar-refractivity contribution >= 4 is 33.2 Å². The lowest BCUT2D eigenvalue weighted by Crippen LogP contribution is -2.00. The van der Waals surface area contributed by atoms with Crippen LogP contribution in [0.4, 0.5) is 20.2 Å². The molecule has 6 aromatic rings. The number of nitrogen functional groups attached to an aromatic ring is 1. The highest BCUT2D eigenvalue weighted by molar-refractivity contribution is 5.87. The molecule has 0 bridgehead atoms. The number of nitrogens with zero attached hydrogens (tertiary/aromatic N) is 3. The Morgan fingerprint density at radius 3 is 1.73 bits per heavy atom. The predicted octanol–water partition coefficient (Wildman–Crippen LogP) is 7.76. The zero-order chi connectivity index (χ0) is 28.4. The minimum Gasteiger partial charge on any atom is -0.399 e. The van der Waals surface area contributed by atoms with Gasteiger partial charge in [0.05, 0.1) is 16.0 Å². The number of anilines is 1. The lowest BCUT2D eigenvalue weighted by atomic mass is 10.1. The smallest absolute Gasteiger partial charge is 0.270 e. The van der Waals surface area contributed by atoms with Crippen molar-refractivity contribution in [2.45, 2.75) is 26.9 Å². The van der Waals surface area contributed by atoms with Gasteiger partial charge in [-0.05, 0) is 84.6 Å². The number of fused-ring (bicyclic) bond motifs is 2. The van der Waals surface area contributed by atoms with Crippen molar-refractivity contribution in [1.29, 1.82) is 0 Å². The Morgan fingerprint density at radius 2 is 1.23 bits per heavy atom. The number of halogens is 2. The van der Waals surface area contributed by atoms with Crippen LogP contribution in [0.15, 0.2) is 97.3 Å². The minimum absolute atomic E-state index is 0.0866. The first kappa shape index (κ1) is 26.6. The van der Waals surface area contributed by atoms with Gasteiger partial charge in [0, 0.05) is 54.1 Å². The Kier molecular flexibility index (Phi) is 7.33. The van der Waals surface area contributed by atoms with E-state index in [2.05, 4.69) is 4.57 Å². The van der Waals surface area contributed by atoms with Crippen LogP contribution in [-0.2, 0) is 13.1 Å². The summed E-state index contributed by atoms with van der Waals surface area (Å²) >= 11 is 0. The van der Waals surface area contributed by atoms with E-state index in [4.69, 9.17) is 5.73 Å². The first-order valence-electron chi connectivity index (χ1n) is 12.8. The van der Waals surface area contributed by atoms with Crippen LogP contribution in [0.1, 0.15) is 22.3 Å². The lowest BCUT2D eigenvalue weighted by molar-refractivity contribution is -0.384. The Morgan fingerprint density at radius 1 is 0.725 bits per heavy atom. The molecule has 8 heteroatoms. The van der Waals surface area contributed by atoms with Gasteiger partial charge in [0.2, 0.25) is 0 Å². The number of non-ortho nitro benzene ring substituents is 1. The molecule has 6 nitrogen and oxygen atoms in total. The maximum Gasteiger partial charge on any atom is 0.270 e. The summed E-state index contributed by atoms with van der Waals surface area (Å²) in [5.74, 6) is -0.466. The molecule has 202 valence electrons. The molecule has 2 aromatic heterocycles. The predicted molar refractivity (Wildman–Crippen MR) is 155 cm³/mol. The fourth-order valence-corrected chi connectivity index (χ4v) is 5.18. The third kappa shape index (κ3) is 5.71. The molecule has 6 rings (SSSR count). The van der Waals surface area contributed by atoms with Gasteiger partial charge in [-0.25, -0.2) is 8.78 Å². The van der Waals surface area contributed by atoms with Crippen LogP contribution in [0, 0.1) is 35.6 Å². The van der Waals surface area contributed by atoms with Crippen LogP contribution in [0.5, 0.6) is 0 Å². The Hall–Kier alpha value is -4.98. The van der Waals surface area contributed by atoms with Gasteiger partial charge >= 0.3 is 0 Å². The van der Waals surface area contributed by atoms with Crippen LogP contribution in [0.25, 0.3) is 21.8 Å². The molecule has 0 radical (unpaired) electrons. The Bertz CT molecular complexity index is 1860. The summed E-state index contributed by atoms with van der Waals surface area (Å²) in [5, 5.41) is 12.8. The maximum atomic E-state index is 13.2. The molecular weight excluding hydrogens is 510 g/mol. The fourth-order valence-electron chi connectivity index (χ4n) is 5.18. The highest BCUT2D eigenvalue weighted by Crippen LogP contribution is 2.27. The maximum absolute atomic E-state index is 13.2. The number of aryl methyl sites for hydroxylation is 2. The van der Waals surface area contributed by atoms with Crippen molar-refractivity contribution in [3.05, 3.63) is 141 Å². The molecule has 0 amide bonds. The number of hydrogen-bond donors (Lipinski definition) is 1. The van der Waals surface area contributed by atoms with Crippen molar-refractivity contribution in [3.63, 3.8) is 0 Å². The van der Waals surface area contributed by atoms with Gasteiger partial charge in [0.15, 0.2) is 0 Å². The summed E-state index contributed by atoms with van der Waals surface area (Å²) in [6.07, 6.45) is 3.88. The minimum atomic E-state index is -0.393. The summed E-state index contributed by atoms with van der Waals surface area (Å²) < 4.78 is 30.6. The van der Waals surface area contributed by atoms with E-state index in [0.717, 1.165) is 49.7 Å². The van der Waals surface area contributed by atoms with Crippen LogP contribution < -0.4 is 5.73 Å². The Labute approximate surface area is 230 Å². The van der Waals surface area contributed by atoms with E-state index in [1.165, 1.54) is 18.2 Å². The van der Waals surface area contributed by atoms with Crippen LogP contribution >= 0.6 is 0 Å². The number of benzene rings is 4. The molecule has 2 heterocycles. The van der Waals surface area contributed by atoms with Gasteiger partial charge in [-0.15, -0.1) is 0 Å². The normalized spacial score (nSPS) is 11.0. The molecule has 0 saturated carbocycles. The quantitative estimate of drug-likeness (QED) is 0.138. The van der Waals surface area contributed by atoms with Gasteiger partial charge in [0.25, 0.3) is 5.69 Å². The molecule has 0 atom stereocenters. The second-order valence-electron chi connectivity index (χ2n) is 9.88. The van der Waals surface area contributed by atoms with Crippen molar-refractivity contribution in [2.24, 2.45) is 0 Å². The number of nitro groups is 1. The number of hydrogen-bond acceptors (Lipinski definition) is 3. The van der Waals surface area contributed by atoms with Crippen molar-refractivity contribution in [2.75, 3.05) is 5.73 Å². The molecule has 0 aliphatic carbocycles. The number of aromatic nitrogens is 2. The first-order chi connectivity index (χ1) is 19.2. The Balaban J connectivity index is 0.000000162. The largest absolute Gasteiger partial charge is 0.399 e. The van der Waals surface area contributed by atoms with Crippen LogP contribution in [-0.4, -0.2) is 14.1 Å². The third-order valence-electron chi connectivity index (χ3n) is 6.80. The van der Waals surface area contributed by atoms with Gasteiger partial charge < -0.3 is 14.9 Å². The summed E-state index contributed by atoms with van der Waals surface area (Å²) in [5.41, 5.74) is 12.6.